The van der Waals surface area contributed by atoms with Gasteiger partial charge in [0.1, 0.15) is 6.61 Å². The van der Waals surface area contributed by atoms with Crippen molar-refractivity contribution in [3.8, 4) is 11.1 Å². The first-order valence-electron chi connectivity index (χ1n) is 12.6. The molecule has 0 saturated heterocycles. The number of nitrogens with one attached hydrogen (secondary N) is 2. The third-order valence-electron chi connectivity index (χ3n) is 7.90. The molecule has 5 rings (SSSR count). The number of carbonyl (C=O) groups is 3. The molecule has 2 fully saturated rings. The fourth-order valence-electron chi connectivity index (χ4n) is 6.12. The Morgan fingerprint density at radius 3 is 2.23 bits per heavy atom. The van der Waals surface area contributed by atoms with Gasteiger partial charge in [0.15, 0.2) is 0 Å². The molecular weight excluding hydrogens is 444 g/mol. The molecule has 7 nitrogen and oxygen atoms in total. The summed E-state index contributed by atoms with van der Waals surface area (Å²) in [6.07, 6.45) is 4.36. The Hall–Kier alpha value is -3.35. The third kappa shape index (κ3) is 5.04. The summed E-state index contributed by atoms with van der Waals surface area (Å²) in [5.74, 6) is -1.14. The number of ether oxygens (including phenoxy) is 1. The van der Waals surface area contributed by atoms with Crippen molar-refractivity contribution in [2.45, 2.75) is 62.9 Å². The van der Waals surface area contributed by atoms with Crippen molar-refractivity contribution in [1.29, 1.82) is 0 Å². The molecule has 0 spiro atoms. The predicted molar refractivity (Wildman–Crippen MR) is 131 cm³/mol. The average Bonchev–Trinajstić information content (AvgIpc) is 3.56. The van der Waals surface area contributed by atoms with Crippen molar-refractivity contribution in [3.63, 3.8) is 0 Å². The minimum Gasteiger partial charge on any atom is -0.481 e. The predicted octanol–water partition coefficient (Wildman–Crippen LogP) is 4.45. The van der Waals surface area contributed by atoms with Crippen LogP contribution in [0.1, 0.15) is 62.0 Å². The molecule has 35 heavy (non-hydrogen) atoms. The first-order chi connectivity index (χ1) is 17.0. The van der Waals surface area contributed by atoms with Gasteiger partial charge >= 0.3 is 12.1 Å². The Bertz CT molecular complexity index is 1070. The topological polar surface area (TPSA) is 105 Å². The van der Waals surface area contributed by atoms with Crippen molar-refractivity contribution in [3.05, 3.63) is 59.7 Å². The van der Waals surface area contributed by atoms with Crippen LogP contribution < -0.4 is 10.6 Å². The van der Waals surface area contributed by atoms with Crippen LogP contribution in [0.25, 0.3) is 11.1 Å². The molecule has 2 aromatic carbocycles. The molecule has 4 unspecified atom stereocenters. The van der Waals surface area contributed by atoms with E-state index in [4.69, 9.17) is 9.84 Å². The normalized spacial score (nSPS) is 25.0. The number of carboxylic acid groups (broad SMARTS) is 1. The lowest BCUT2D eigenvalue weighted by atomic mass is 9.98. The maximum Gasteiger partial charge on any atom is 0.407 e. The first kappa shape index (κ1) is 23.4. The van der Waals surface area contributed by atoms with Crippen molar-refractivity contribution in [2.24, 2.45) is 11.8 Å². The highest BCUT2D eigenvalue weighted by Gasteiger charge is 2.34. The van der Waals surface area contributed by atoms with Gasteiger partial charge in [-0.15, -0.1) is 0 Å². The standard InChI is InChI=1S/C28H32N2O5/c31-26(29-19-13-12-18(14-19)27(32)33)15-17-6-5-11-25(17)30-28(34)35-16-24-22-9-3-1-7-20(22)21-8-2-4-10-23(21)24/h1-4,7-10,17-19,24-25H,5-6,11-16H2,(H,29,31)(H,30,34)(H,32,33). The lowest BCUT2D eigenvalue weighted by molar-refractivity contribution is -0.141. The van der Waals surface area contributed by atoms with Crippen molar-refractivity contribution < 1.29 is 24.2 Å². The van der Waals surface area contributed by atoms with E-state index in [1.807, 2.05) is 24.3 Å². The van der Waals surface area contributed by atoms with E-state index >= 15 is 0 Å². The Labute approximate surface area is 205 Å². The Kier molecular flexibility index (Phi) is 6.75. The zero-order valence-corrected chi connectivity index (χ0v) is 19.7. The van der Waals surface area contributed by atoms with E-state index in [-0.39, 0.29) is 42.4 Å². The molecular formula is C28H32N2O5. The van der Waals surface area contributed by atoms with Crippen LogP contribution in [0.4, 0.5) is 4.79 Å². The second-order valence-electron chi connectivity index (χ2n) is 10.1. The fourth-order valence-corrected chi connectivity index (χ4v) is 6.12. The summed E-state index contributed by atoms with van der Waals surface area (Å²) in [5, 5.41) is 15.2. The van der Waals surface area contributed by atoms with Gasteiger partial charge in [0, 0.05) is 24.4 Å². The number of aliphatic carboxylic acids is 1. The lowest BCUT2D eigenvalue weighted by Crippen LogP contribution is -2.41. The van der Waals surface area contributed by atoms with Crippen LogP contribution in [-0.2, 0) is 14.3 Å². The van der Waals surface area contributed by atoms with Crippen molar-refractivity contribution in [1.82, 2.24) is 10.6 Å². The summed E-state index contributed by atoms with van der Waals surface area (Å²) in [5.41, 5.74) is 4.73. The largest absolute Gasteiger partial charge is 0.481 e. The highest BCUT2D eigenvalue weighted by molar-refractivity contribution is 5.79. The molecule has 4 atom stereocenters. The zero-order valence-electron chi connectivity index (χ0n) is 19.7. The Balaban J connectivity index is 1.13. The number of alkyl carbamates (subject to hydrolysis) is 1. The summed E-state index contributed by atoms with van der Waals surface area (Å²) in [6.45, 7) is 0.268. The molecule has 3 N–H and O–H groups in total. The van der Waals surface area contributed by atoms with Crippen LogP contribution in [0.2, 0.25) is 0 Å². The molecule has 2 aromatic rings. The zero-order chi connectivity index (χ0) is 24.4. The van der Waals surface area contributed by atoms with Gasteiger partial charge in [-0.05, 0) is 60.3 Å². The van der Waals surface area contributed by atoms with Gasteiger partial charge in [-0.3, -0.25) is 9.59 Å². The first-order valence-corrected chi connectivity index (χ1v) is 12.6. The van der Waals surface area contributed by atoms with E-state index in [0.29, 0.717) is 25.7 Å². The average molecular weight is 477 g/mol. The van der Waals surface area contributed by atoms with Crippen LogP contribution >= 0.6 is 0 Å². The van der Waals surface area contributed by atoms with Crippen molar-refractivity contribution >= 4 is 18.0 Å². The van der Waals surface area contributed by atoms with E-state index in [1.54, 1.807) is 0 Å². The number of hydrogen-bond acceptors (Lipinski definition) is 4. The van der Waals surface area contributed by atoms with E-state index in [9.17, 15) is 14.4 Å². The van der Waals surface area contributed by atoms with Crippen LogP contribution in [0.3, 0.4) is 0 Å². The second kappa shape index (κ2) is 10.1. The maximum atomic E-state index is 12.7. The van der Waals surface area contributed by atoms with Gasteiger partial charge in [0.25, 0.3) is 0 Å². The van der Waals surface area contributed by atoms with Gasteiger partial charge in [-0.2, -0.15) is 0 Å². The monoisotopic (exact) mass is 476 g/mol. The van der Waals surface area contributed by atoms with E-state index in [0.717, 1.165) is 19.3 Å². The highest BCUT2D eigenvalue weighted by atomic mass is 16.5. The Morgan fingerprint density at radius 2 is 1.57 bits per heavy atom. The fraction of sp³-hybridized carbons (Fsp3) is 0.464. The Morgan fingerprint density at radius 1 is 0.886 bits per heavy atom. The number of rotatable bonds is 7. The van der Waals surface area contributed by atoms with Crippen LogP contribution in [-0.4, -0.2) is 41.8 Å². The smallest absolute Gasteiger partial charge is 0.407 e. The number of hydrogen-bond donors (Lipinski definition) is 3. The van der Waals surface area contributed by atoms with Gasteiger partial charge < -0.3 is 20.5 Å². The van der Waals surface area contributed by atoms with E-state index < -0.39 is 12.1 Å². The van der Waals surface area contributed by atoms with Crippen LogP contribution in [0.15, 0.2) is 48.5 Å². The van der Waals surface area contributed by atoms with Crippen LogP contribution in [0.5, 0.6) is 0 Å². The maximum absolute atomic E-state index is 12.7. The lowest BCUT2D eigenvalue weighted by Gasteiger charge is -2.22. The van der Waals surface area contributed by atoms with Gasteiger partial charge in [0.05, 0.1) is 5.92 Å². The number of carboxylic acids is 1. The third-order valence-corrected chi connectivity index (χ3v) is 7.90. The van der Waals surface area contributed by atoms with Crippen molar-refractivity contribution in [2.75, 3.05) is 6.61 Å². The molecule has 0 bridgehead atoms. The number of benzene rings is 2. The molecule has 184 valence electrons. The summed E-state index contributed by atoms with van der Waals surface area (Å²) in [7, 11) is 0. The minimum atomic E-state index is -0.787. The molecule has 0 heterocycles. The summed E-state index contributed by atoms with van der Waals surface area (Å²) >= 11 is 0. The van der Waals surface area contributed by atoms with E-state index in [1.165, 1.54) is 22.3 Å². The molecule has 0 aromatic heterocycles. The summed E-state index contributed by atoms with van der Waals surface area (Å²) < 4.78 is 5.69. The molecule has 3 aliphatic carbocycles. The SMILES string of the molecule is O=C(CC1CCCC1NC(=O)OCC1c2ccccc2-c2ccccc21)NC1CCC(C(=O)O)C1. The molecule has 0 radical (unpaired) electrons. The molecule has 2 amide bonds. The molecule has 0 aliphatic heterocycles. The molecule has 7 heteroatoms. The summed E-state index contributed by atoms with van der Waals surface area (Å²) in [4.78, 5) is 36.4. The summed E-state index contributed by atoms with van der Waals surface area (Å²) in [6, 6.07) is 16.3. The van der Waals surface area contributed by atoms with Crippen LogP contribution in [0, 0.1) is 11.8 Å². The number of carbonyl (C=O) groups excluding carboxylic acids is 2. The molecule has 2 saturated carbocycles. The van der Waals surface area contributed by atoms with Gasteiger partial charge in [-0.25, -0.2) is 4.79 Å². The minimum absolute atomic E-state index is 0.0133. The quantitative estimate of drug-likeness (QED) is 0.548. The number of fused-ring (bicyclic) bond motifs is 3. The van der Waals surface area contributed by atoms with E-state index in [2.05, 4.69) is 34.9 Å². The second-order valence-corrected chi connectivity index (χ2v) is 10.1. The number of amides is 2. The van der Waals surface area contributed by atoms with Gasteiger partial charge in [-0.1, -0.05) is 55.0 Å². The highest BCUT2D eigenvalue weighted by Crippen LogP contribution is 2.44. The molecule has 3 aliphatic rings. The van der Waals surface area contributed by atoms with Gasteiger partial charge in [0.2, 0.25) is 5.91 Å².